The number of hydrogen-bond acceptors (Lipinski definition) is 5. The first kappa shape index (κ1) is 22.6. The summed E-state index contributed by atoms with van der Waals surface area (Å²) in [5, 5.41) is 18.7. The van der Waals surface area contributed by atoms with Gasteiger partial charge in [0.2, 0.25) is 0 Å². The zero-order valence-electron chi connectivity index (χ0n) is 17.9. The van der Waals surface area contributed by atoms with Gasteiger partial charge >= 0.3 is 7.12 Å². The Bertz CT molecular complexity index is 582. The van der Waals surface area contributed by atoms with Crippen LogP contribution in [0.2, 0.25) is 18.1 Å². The summed E-state index contributed by atoms with van der Waals surface area (Å²) in [5.41, 5.74) is 1.76. The molecule has 2 rings (SSSR count). The van der Waals surface area contributed by atoms with Gasteiger partial charge in [0.1, 0.15) is 0 Å². The first-order chi connectivity index (χ1) is 12.5. The molecule has 0 saturated carbocycles. The number of rotatable bonds is 7. The smallest absolute Gasteiger partial charge is 0.423 e. The fraction of sp³-hybridized carbons (Fsp3) is 0.700. The van der Waals surface area contributed by atoms with Crippen LogP contribution in [0.3, 0.4) is 0 Å². The van der Waals surface area contributed by atoms with Crippen molar-refractivity contribution in [2.45, 2.75) is 51.9 Å². The molecule has 0 spiro atoms. The molecule has 1 aromatic carbocycles. The van der Waals surface area contributed by atoms with Crippen LogP contribution < -0.4 is 5.46 Å². The van der Waals surface area contributed by atoms with Crippen molar-refractivity contribution in [2.24, 2.45) is 0 Å². The zero-order chi connectivity index (χ0) is 20.2. The normalized spacial score (nSPS) is 18.5. The lowest BCUT2D eigenvalue weighted by molar-refractivity contribution is 0.0900. The third kappa shape index (κ3) is 6.14. The van der Waals surface area contributed by atoms with Gasteiger partial charge in [0.15, 0.2) is 8.32 Å². The molecular weight excluding hydrogens is 355 g/mol. The van der Waals surface area contributed by atoms with Crippen molar-refractivity contribution in [3.63, 3.8) is 0 Å². The number of hydrogen-bond donors (Lipinski definition) is 2. The van der Waals surface area contributed by atoms with Crippen molar-refractivity contribution >= 4 is 20.9 Å². The molecule has 1 saturated heterocycles. The van der Waals surface area contributed by atoms with Gasteiger partial charge in [0.05, 0.1) is 0 Å². The summed E-state index contributed by atoms with van der Waals surface area (Å²) in [6, 6.07) is 7.92. The van der Waals surface area contributed by atoms with Crippen LogP contribution >= 0.6 is 0 Å². The summed E-state index contributed by atoms with van der Waals surface area (Å²) < 4.78 is 6.31. The highest BCUT2D eigenvalue weighted by Crippen LogP contribution is 2.36. The van der Waals surface area contributed by atoms with Gasteiger partial charge in [0, 0.05) is 45.4 Å². The molecule has 0 unspecified atom stereocenters. The minimum Gasteiger partial charge on any atom is -0.423 e. The van der Waals surface area contributed by atoms with Gasteiger partial charge in [-0.15, -0.1) is 0 Å². The van der Waals surface area contributed by atoms with Gasteiger partial charge in [-0.25, -0.2) is 0 Å². The lowest BCUT2D eigenvalue weighted by Gasteiger charge is -2.40. The van der Waals surface area contributed by atoms with E-state index in [9.17, 15) is 10.0 Å². The highest BCUT2D eigenvalue weighted by Gasteiger charge is 2.37. The maximum Gasteiger partial charge on any atom is 0.488 e. The van der Waals surface area contributed by atoms with Crippen molar-refractivity contribution in [2.75, 3.05) is 39.3 Å². The van der Waals surface area contributed by atoms with Crippen molar-refractivity contribution < 1.29 is 14.5 Å². The van der Waals surface area contributed by atoms with E-state index in [1.807, 2.05) is 12.1 Å². The van der Waals surface area contributed by atoms with E-state index in [0.717, 1.165) is 39.3 Å². The minimum atomic E-state index is -1.65. The lowest BCUT2D eigenvalue weighted by Crippen LogP contribution is -2.49. The largest absolute Gasteiger partial charge is 0.488 e. The summed E-state index contributed by atoms with van der Waals surface area (Å²) in [6.45, 7) is 19.8. The van der Waals surface area contributed by atoms with Gasteiger partial charge in [-0.3, -0.25) is 9.80 Å². The van der Waals surface area contributed by atoms with Crippen LogP contribution in [0.4, 0.5) is 0 Å². The third-order valence-electron chi connectivity index (χ3n) is 6.35. The van der Waals surface area contributed by atoms with Gasteiger partial charge in [0.25, 0.3) is 0 Å². The molecule has 1 aromatic rings. The summed E-state index contributed by atoms with van der Waals surface area (Å²) in [7, 11) is -3.05. The molecule has 0 aromatic heterocycles. The SMILES string of the molecule is C[C@@H](c1ccc(B(O)O)cc1)N1CCN(CCO[Si](C)(C)C(C)(C)C)CC1. The highest BCUT2D eigenvalue weighted by molar-refractivity contribution is 6.74. The molecule has 0 amide bonds. The van der Waals surface area contributed by atoms with Crippen LogP contribution in [0, 0.1) is 0 Å². The third-order valence-corrected chi connectivity index (χ3v) is 10.9. The standard InChI is InChI=1S/C20H37BN2O3Si/c1-17(18-7-9-19(10-8-18)21(24)25)23-13-11-22(12-14-23)15-16-26-27(5,6)20(2,3)4/h7-10,17,24-25H,11-16H2,1-6H3/t17-/m0/s1. The Morgan fingerprint density at radius 2 is 1.63 bits per heavy atom. The molecule has 2 N–H and O–H groups in total. The number of piperazine rings is 1. The monoisotopic (exact) mass is 392 g/mol. The van der Waals surface area contributed by atoms with Crippen molar-refractivity contribution in [3.8, 4) is 0 Å². The lowest BCUT2D eigenvalue weighted by atomic mass is 9.80. The zero-order valence-corrected chi connectivity index (χ0v) is 18.9. The molecule has 1 aliphatic heterocycles. The Kier molecular flexibility index (Phi) is 7.70. The van der Waals surface area contributed by atoms with Crippen LogP contribution in [0.1, 0.15) is 39.3 Å². The average molecular weight is 392 g/mol. The van der Waals surface area contributed by atoms with E-state index in [2.05, 4.69) is 50.6 Å². The van der Waals surface area contributed by atoms with Crippen LogP contribution in [-0.4, -0.2) is 74.6 Å². The predicted octanol–water partition coefficient (Wildman–Crippen LogP) is 2.07. The molecule has 0 aliphatic carbocycles. The maximum absolute atomic E-state index is 9.23. The molecule has 5 nitrogen and oxygen atoms in total. The van der Waals surface area contributed by atoms with Crippen LogP contribution in [0.25, 0.3) is 0 Å². The molecule has 1 atom stereocenters. The maximum atomic E-state index is 9.23. The predicted molar refractivity (Wildman–Crippen MR) is 116 cm³/mol. The number of benzene rings is 1. The van der Waals surface area contributed by atoms with Gasteiger partial charge in [-0.2, -0.15) is 0 Å². The molecule has 7 heteroatoms. The number of nitrogens with zero attached hydrogens (tertiary/aromatic N) is 2. The second-order valence-electron chi connectivity index (χ2n) is 9.20. The Morgan fingerprint density at radius 3 is 2.11 bits per heavy atom. The summed E-state index contributed by atoms with van der Waals surface area (Å²) in [6.07, 6.45) is 0. The molecular formula is C20H37BN2O3Si. The molecule has 1 aliphatic rings. The second-order valence-corrected chi connectivity index (χ2v) is 14.0. The molecule has 152 valence electrons. The van der Waals surface area contributed by atoms with Crippen molar-refractivity contribution in [1.29, 1.82) is 0 Å². The van der Waals surface area contributed by atoms with E-state index < -0.39 is 15.4 Å². The van der Waals surface area contributed by atoms with Crippen LogP contribution in [0.5, 0.6) is 0 Å². The van der Waals surface area contributed by atoms with Crippen molar-refractivity contribution in [1.82, 2.24) is 9.80 Å². The van der Waals surface area contributed by atoms with Crippen molar-refractivity contribution in [3.05, 3.63) is 29.8 Å². The Labute approximate surface area is 166 Å². The molecule has 0 radical (unpaired) electrons. The summed E-state index contributed by atoms with van der Waals surface area (Å²) in [4.78, 5) is 5.00. The highest BCUT2D eigenvalue weighted by atomic mass is 28.4. The van der Waals surface area contributed by atoms with E-state index in [1.54, 1.807) is 12.1 Å². The molecule has 1 heterocycles. The van der Waals surface area contributed by atoms with E-state index in [1.165, 1.54) is 5.56 Å². The van der Waals surface area contributed by atoms with E-state index in [0.29, 0.717) is 11.5 Å². The Hall–Kier alpha value is -0.698. The fourth-order valence-corrected chi connectivity index (χ4v) is 4.21. The van der Waals surface area contributed by atoms with E-state index in [-0.39, 0.29) is 5.04 Å². The van der Waals surface area contributed by atoms with Gasteiger partial charge in [-0.05, 0) is 36.1 Å². The minimum absolute atomic E-state index is 0.267. The molecule has 0 bridgehead atoms. The van der Waals surface area contributed by atoms with E-state index in [4.69, 9.17) is 4.43 Å². The second kappa shape index (κ2) is 9.20. The van der Waals surface area contributed by atoms with Crippen LogP contribution in [-0.2, 0) is 4.43 Å². The fourth-order valence-electron chi connectivity index (χ4n) is 3.18. The topological polar surface area (TPSA) is 56.2 Å². The average Bonchev–Trinajstić information content (AvgIpc) is 2.60. The van der Waals surface area contributed by atoms with Gasteiger partial charge < -0.3 is 14.5 Å². The summed E-state index contributed by atoms with van der Waals surface area (Å²) in [5.74, 6) is 0. The first-order valence-corrected chi connectivity index (χ1v) is 13.0. The first-order valence-electron chi connectivity index (χ1n) is 10.1. The van der Waals surface area contributed by atoms with Crippen LogP contribution in [0.15, 0.2) is 24.3 Å². The van der Waals surface area contributed by atoms with E-state index >= 15 is 0 Å². The summed E-state index contributed by atoms with van der Waals surface area (Å²) >= 11 is 0. The quantitative estimate of drug-likeness (QED) is 0.696. The van der Waals surface area contributed by atoms with Gasteiger partial charge in [-0.1, -0.05) is 45.0 Å². The Balaban J connectivity index is 1.78. The molecule has 1 fully saturated rings. The Morgan fingerprint density at radius 1 is 1.07 bits per heavy atom. The molecule has 27 heavy (non-hydrogen) atoms.